The summed E-state index contributed by atoms with van der Waals surface area (Å²) in [6.45, 7) is 4.21. The lowest BCUT2D eigenvalue weighted by Crippen LogP contribution is -2.45. The van der Waals surface area contributed by atoms with Gasteiger partial charge >= 0.3 is 0 Å². The highest BCUT2D eigenvalue weighted by atomic mass is 32.1. The lowest BCUT2D eigenvalue weighted by Gasteiger charge is -2.29. The van der Waals surface area contributed by atoms with Gasteiger partial charge in [0.2, 0.25) is 5.91 Å². The van der Waals surface area contributed by atoms with Crippen molar-refractivity contribution in [3.8, 4) is 0 Å². The predicted octanol–water partition coefficient (Wildman–Crippen LogP) is 6.06. The molecule has 190 valence electrons. The minimum absolute atomic E-state index is 0.0131. The van der Waals surface area contributed by atoms with Crippen molar-refractivity contribution < 1.29 is 14.3 Å². The van der Waals surface area contributed by atoms with Crippen molar-refractivity contribution in [1.29, 1.82) is 0 Å². The van der Waals surface area contributed by atoms with Gasteiger partial charge in [0.1, 0.15) is 6.54 Å². The number of ether oxygens (including phenoxy) is 1. The maximum atomic E-state index is 13.9. The SMILES string of the molecule is Cc1ccsc1CN(Cc1ccccc1)C(=O)CN(CC1CCCO1)C(=O)c1cccc2ccccc12. The number of hydrogen-bond acceptors (Lipinski definition) is 4. The van der Waals surface area contributed by atoms with Crippen LogP contribution in [0.5, 0.6) is 0 Å². The van der Waals surface area contributed by atoms with Gasteiger partial charge in [-0.1, -0.05) is 66.7 Å². The molecule has 2 heterocycles. The van der Waals surface area contributed by atoms with E-state index in [1.807, 2.05) is 77.7 Å². The fraction of sp³-hybridized carbons (Fsp3) is 0.290. The van der Waals surface area contributed by atoms with Gasteiger partial charge in [0.25, 0.3) is 5.91 Å². The summed E-state index contributed by atoms with van der Waals surface area (Å²) < 4.78 is 5.88. The van der Waals surface area contributed by atoms with Gasteiger partial charge in [-0.25, -0.2) is 0 Å². The van der Waals surface area contributed by atoms with Crippen molar-refractivity contribution in [1.82, 2.24) is 9.80 Å². The van der Waals surface area contributed by atoms with Crippen LogP contribution in [0.2, 0.25) is 0 Å². The highest BCUT2D eigenvalue weighted by Crippen LogP contribution is 2.23. The van der Waals surface area contributed by atoms with Crippen molar-refractivity contribution in [2.24, 2.45) is 0 Å². The van der Waals surface area contributed by atoms with Crippen LogP contribution < -0.4 is 0 Å². The quantitative estimate of drug-likeness (QED) is 0.274. The van der Waals surface area contributed by atoms with Crippen molar-refractivity contribution >= 4 is 33.9 Å². The summed E-state index contributed by atoms with van der Waals surface area (Å²) in [5.41, 5.74) is 2.86. The lowest BCUT2D eigenvalue weighted by atomic mass is 10.0. The zero-order valence-corrected chi connectivity index (χ0v) is 22.0. The zero-order chi connectivity index (χ0) is 25.6. The van der Waals surface area contributed by atoms with Crippen molar-refractivity contribution in [2.75, 3.05) is 19.7 Å². The van der Waals surface area contributed by atoms with E-state index in [1.165, 1.54) is 5.56 Å². The van der Waals surface area contributed by atoms with E-state index < -0.39 is 0 Å². The largest absolute Gasteiger partial charge is 0.376 e. The first kappa shape index (κ1) is 25.2. The Morgan fingerprint density at radius 1 is 0.919 bits per heavy atom. The molecule has 1 saturated heterocycles. The van der Waals surface area contributed by atoms with Gasteiger partial charge in [0, 0.05) is 30.1 Å². The number of nitrogens with zero attached hydrogens (tertiary/aromatic N) is 2. The van der Waals surface area contributed by atoms with Crippen molar-refractivity contribution in [2.45, 2.75) is 39.0 Å². The second kappa shape index (κ2) is 11.7. The number of fused-ring (bicyclic) bond motifs is 1. The molecule has 6 heteroatoms. The van der Waals surface area contributed by atoms with E-state index in [0.29, 0.717) is 31.8 Å². The highest BCUT2D eigenvalue weighted by molar-refractivity contribution is 7.10. The van der Waals surface area contributed by atoms with E-state index in [9.17, 15) is 9.59 Å². The van der Waals surface area contributed by atoms with Gasteiger partial charge in [0.05, 0.1) is 12.6 Å². The van der Waals surface area contributed by atoms with Crippen LogP contribution in [0, 0.1) is 6.92 Å². The molecule has 1 unspecified atom stereocenters. The first-order chi connectivity index (χ1) is 18.1. The average Bonchev–Trinajstić information content (AvgIpc) is 3.59. The van der Waals surface area contributed by atoms with E-state index in [2.05, 4.69) is 18.4 Å². The van der Waals surface area contributed by atoms with E-state index in [4.69, 9.17) is 4.74 Å². The topological polar surface area (TPSA) is 49.9 Å². The fourth-order valence-corrected chi connectivity index (χ4v) is 5.80. The number of thiophene rings is 1. The normalized spacial score (nSPS) is 15.1. The number of hydrogen-bond donors (Lipinski definition) is 0. The maximum absolute atomic E-state index is 13.9. The Balaban J connectivity index is 1.43. The Bertz CT molecular complexity index is 1360. The average molecular weight is 513 g/mol. The summed E-state index contributed by atoms with van der Waals surface area (Å²) >= 11 is 1.66. The molecule has 0 spiro atoms. The zero-order valence-electron chi connectivity index (χ0n) is 21.1. The van der Waals surface area contributed by atoms with Crippen LogP contribution in [0.4, 0.5) is 0 Å². The van der Waals surface area contributed by atoms with Crippen LogP contribution in [0.1, 0.15) is 39.2 Å². The lowest BCUT2D eigenvalue weighted by molar-refractivity contribution is -0.133. The summed E-state index contributed by atoms with van der Waals surface area (Å²) in [7, 11) is 0. The molecule has 3 aromatic carbocycles. The fourth-order valence-electron chi connectivity index (χ4n) is 4.87. The van der Waals surface area contributed by atoms with Crippen LogP contribution in [0.3, 0.4) is 0 Å². The Hall–Kier alpha value is -3.48. The minimum Gasteiger partial charge on any atom is -0.376 e. The Morgan fingerprint density at radius 3 is 2.46 bits per heavy atom. The second-order valence-corrected chi connectivity index (χ2v) is 10.6. The van der Waals surface area contributed by atoms with Crippen LogP contribution in [-0.2, 0) is 22.6 Å². The first-order valence-electron chi connectivity index (χ1n) is 12.8. The Kier molecular flexibility index (Phi) is 7.97. The summed E-state index contributed by atoms with van der Waals surface area (Å²) in [5.74, 6) is -0.198. The third-order valence-corrected chi connectivity index (χ3v) is 7.96. The smallest absolute Gasteiger partial charge is 0.255 e. The molecule has 2 amide bonds. The van der Waals surface area contributed by atoms with Gasteiger partial charge in [-0.05, 0) is 59.2 Å². The van der Waals surface area contributed by atoms with Crippen LogP contribution >= 0.6 is 11.3 Å². The Labute approximate surface area is 222 Å². The third kappa shape index (κ3) is 6.09. The number of carbonyl (C=O) groups excluding carboxylic acids is 2. The standard InChI is InChI=1S/C31H32N2O3S/c1-23-16-18-37-29(23)21-32(19-24-9-3-2-4-10-24)30(34)22-33(20-26-13-8-17-36-26)31(35)28-15-7-12-25-11-5-6-14-27(25)28/h2-7,9-12,14-16,18,26H,8,13,17,19-22H2,1H3. The van der Waals surface area contributed by atoms with E-state index >= 15 is 0 Å². The minimum atomic E-state index is -0.132. The molecule has 1 aromatic heterocycles. The molecule has 0 N–H and O–H groups in total. The molecule has 5 nitrogen and oxygen atoms in total. The monoisotopic (exact) mass is 512 g/mol. The van der Waals surface area contributed by atoms with Crippen LogP contribution in [0.15, 0.2) is 84.2 Å². The van der Waals surface area contributed by atoms with E-state index in [1.54, 1.807) is 16.2 Å². The van der Waals surface area contributed by atoms with Crippen LogP contribution in [-0.4, -0.2) is 47.4 Å². The molecule has 1 aliphatic rings. The van der Waals surface area contributed by atoms with Gasteiger partial charge in [-0.15, -0.1) is 11.3 Å². The van der Waals surface area contributed by atoms with Crippen LogP contribution in [0.25, 0.3) is 10.8 Å². The summed E-state index contributed by atoms with van der Waals surface area (Å²) in [6.07, 6.45) is 1.83. The molecule has 5 rings (SSSR count). The van der Waals surface area contributed by atoms with Gasteiger partial charge in [0.15, 0.2) is 0 Å². The van der Waals surface area contributed by atoms with E-state index in [0.717, 1.165) is 34.1 Å². The van der Waals surface area contributed by atoms with E-state index in [-0.39, 0.29) is 24.5 Å². The highest BCUT2D eigenvalue weighted by Gasteiger charge is 2.28. The van der Waals surface area contributed by atoms with Gasteiger partial charge in [-0.2, -0.15) is 0 Å². The maximum Gasteiger partial charge on any atom is 0.255 e. The number of amides is 2. The molecule has 1 atom stereocenters. The summed E-state index contributed by atoms with van der Waals surface area (Å²) in [4.78, 5) is 32.5. The van der Waals surface area contributed by atoms with Crippen molar-refractivity contribution in [3.05, 3.63) is 106 Å². The molecule has 0 aliphatic carbocycles. The molecule has 0 bridgehead atoms. The molecular weight excluding hydrogens is 480 g/mol. The first-order valence-corrected chi connectivity index (χ1v) is 13.7. The number of rotatable bonds is 9. The molecule has 1 fully saturated rings. The number of benzene rings is 3. The summed E-state index contributed by atoms with van der Waals surface area (Å²) in [5, 5.41) is 3.97. The number of carbonyl (C=O) groups is 2. The predicted molar refractivity (Wildman–Crippen MR) is 149 cm³/mol. The molecule has 1 aliphatic heterocycles. The molecule has 0 radical (unpaired) electrons. The third-order valence-electron chi connectivity index (χ3n) is 6.95. The molecular formula is C31H32N2O3S. The molecule has 37 heavy (non-hydrogen) atoms. The summed E-state index contributed by atoms with van der Waals surface area (Å²) in [6, 6.07) is 25.8. The second-order valence-electron chi connectivity index (χ2n) is 9.61. The van der Waals surface area contributed by atoms with Crippen molar-refractivity contribution in [3.63, 3.8) is 0 Å². The Morgan fingerprint density at radius 2 is 1.70 bits per heavy atom. The molecule has 0 saturated carbocycles. The van der Waals surface area contributed by atoms with Gasteiger partial charge < -0.3 is 14.5 Å². The van der Waals surface area contributed by atoms with Gasteiger partial charge in [-0.3, -0.25) is 9.59 Å². The number of aryl methyl sites for hydroxylation is 1. The molecule has 4 aromatic rings.